The van der Waals surface area contributed by atoms with Crippen molar-refractivity contribution in [2.75, 3.05) is 13.1 Å². The molecule has 0 aliphatic heterocycles. The van der Waals surface area contributed by atoms with Crippen LogP contribution in [0.4, 0.5) is 0 Å². The second kappa shape index (κ2) is 6.80. The number of nitrogens with zero attached hydrogens (tertiary/aromatic N) is 1. The summed E-state index contributed by atoms with van der Waals surface area (Å²) in [5, 5.41) is 11.7. The minimum absolute atomic E-state index is 0.467. The van der Waals surface area contributed by atoms with Crippen LogP contribution in [0.3, 0.4) is 0 Å². The first-order valence-electron chi connectivity index (χ1n) is 5.58. The van der Waals surface area contributed by atoms with Crippen LogP contribution in [0.2, 0.25) is 0 Å². The van der Waals surface area contributed by atoms with Crippen LogP contribution < -0.4 is 5.32 Å². The predicted molar refractivity (Wildman–Crippen MR) is 62.1 cm³/mol. The molecule has 4 nitrogen and oxygen atoms in total. The molecule has 0 rings (SSSR count). The van der Waals surface area contributed by atoms with Gasteiger partial charge in [-0.3, -0.25) is 9.69 Å². The van der Waals surface area contributed by atoms with Gasteiger partial charge in [0.2, 0.25) is 0 Å². The second-order valence-electron chi connectivity index (χ2n) is 4.44. The lowest BCUT2D eigenvalue weighted by molar-refractivity contribution is -0.139. The third-order valence-electron chi connectivity index (χ3n) is 2.52. The van der Waals surface area contributed by atoms with E-state index in [-0.39, 0.29) is 0 Å². The largest absolute Gasteiger partial charge is 0.480 e. The van der Waals surface area contributed by atoms with E-state index >= 15 is 0 Å². The zero-order valence-corrected chi connectivity index (χ0v) is 10.4. The molecule has 0 amide bonds. The molecular weight excluding hydrogens is 192 g/mol. The van der Waals surface area contributed by atoms with Crippen molar-refractivity contribution in [3.8, 4) is 0 Å². The molecule has 0 aliphatic rings. The van der Waals surface area contributed by atoms with Gasteiger partial charge in [-0.05, 0) is 34.6 Å². The van der Waals surface area contributed by atoms with Crippen molar-refractivity contribution >= 4 is 5.97 Å². The van der Waals surface area contributed by atoms with Crippen LogP contribution in [0.5, 0.6) is 0 Å². The Labute approximate surface area is 92.7 Å². The molecule has 0 saturated carbocycles. The molecule has 0 heterocycles. The van der Waals surface area contributed by atoms with Crippen molar-refractivity contribution in [2.24, 2.45) is 0 Å². The summed E-state index contributed by atoms with van der Waals surface area (Å²) < 4.78 is 0. The SMILES string of the molecule is CC(NCCN(C(C)C)C(C)C)C(=O)O. The Morgan fingerprint density at radius 3 is 2.00 bits per heavy atom. The molecule has 0 aromatic rings. The van der Waals surface area contributed by atoms with Crippen molar-refractivity contribution in [1.29, 1.82) is 0 Å². The highest BCUT2D eigenvalue weighted by molar-refractivity contribution is 5.72. The molecule has 0 bridgehead atoms. The summed E-state index contributed by atoms with van der Waals surface area (Å²) in [5.41, 5.74) is 0. The number of carboxylic acids is 1. The maximum atomic E-state index is 10.6. The monoisotopic (exact) mass is 216 g/mol. The Kier molecular flexibility index (Phi) is 6.52. The summed E-state index contributed by atoms with van der Waals surface area (Å²) in [4.78, 5) is 12.9. The van der Waals surface area contributed by atoms with Crippen LogP contribution in [0.1, 0.15) is 34.6 Å². The Bertz CT molecular complexity index is 185. The van der Waals surface area contributed by atoms with E-state index in [1.165, 1.54) is 0 Å². The molecule has 0 radical (unpaired) electrons. The van der Waals surface area contributed by atoms with Gasteiger partial charge in [0.15, 0.2) is 0 Å². The van der Waals surface area contributed by atoms with Gasteiger partial charge in [-0.25, -0.2) is 0 Å². The highest BCUT2D eigenvalue weighted by atomic mass is 16.4. The number of carboxylic acid groups (broad SMARTS) is 1. The Hall–Kier alpha value is -0.610. The van der Waals surface area contributed by atoms with Crippen LogP contribution in [0, 0.1) is 0 Å². The predicted octanol–water partition coefficient (Wildman–Crippen LogP) is 1.17. The molecule has 0 fully saturated rings. The van der Waals surface area contributed by atoms with Crippen molar-refractivity contribution in [3.63, 3.8) is 0 Å². The van der Waals surface area contributed by atoms with Crippen LogP contribution in [-0.4, -0.2) is 47.2 Å². The maximum Gasteiger partial charge on any atom is 0.320 e. The summed E-state index contributed by atoms with van der Waals surface area (Å²) in [6, 6.07) is 0.519. The van der Waals surface area contributed by atoms with Gasteiger partial charge in [-0.2, -0.15) is 0 Å². The lowest BCUT2D eigenvalue weighted by atomic mass is 10.2. The van der Waals surface area contributed by atoms with E-state index < -0.39 is 12.0 Å². The van der Waals surface area contributed by atoms with E-state index in [4.69, 9.17) is 5.11 Å². The highest BCUT2D eigenvalue weighted by Gasteiger charge is 2.14. The number of rotatable bonds is 7. The fraction of sp³-hybridized carbons (Fsp3) is 0.909. The van der Waals surface area contributed by atoms with E-state index in [9.17, 15) is 4.79 Å². The first-order chi connectivity index (χ1) is 6.86. The van der Waals surface area contributed by atoms with Gasteiger partial charge < -0.3 is 10.4 Å². The summed E-state index contributed by atoms with van der Waals surface area (Å²) in [7, 11) is 0. The molecule has 1 unspecified atom stereocenters. The molecule has 4 heteroatoms. The van der Waals surface area contributed by atoms with Gasteiger partial charge >= 0.3 is 5.97 Å². The summed E-state index contributed by atoms with van der Waals surface area (Å²) in [6.45, 7) is 11.9. The van der Waals surface area contributed by atoms with Crippen LogP contribution in [0.15, 0.2) is 0 Å². The normalized spacial score (nSPS) is 13.9. The van der Waals surface area contributed by atoms with E-state index in [0.717, 1.165) is 6.54 Å². The molecule has 15 heavy (non-hydrogen) atoms. The standard InChI is InChI=1S/C11H24N2O2/c1-8(2)13(9(3)4)7-6-12-10(5)11(14)15/h8-10,12H,6-7H2,1-5H3,(H,14,15). The molecule has 0 aliphatic carbocycles. The topological polar surface area (TPSA) is 52.6 Å². The zero-order valence-electron chi connectivity index (χ0n) is 10.4. The molecule has 2 N–H and O–H groups in total. The summed E-state index contributed by atoms with van der Waals surface area (Å²) in [6.07, 6.45) is 0. The van der Waals surface area contributed by atoms with Gasteiger partial charge in [0.1, 0.15) is 6.04 Å². The number of carbonyl (C=O) groups is 1. The first kappa shape index (κ1) is 14.4. The first-order valence-corrected chi connectivity index (χ1v) is 5.58. The third-order valence-corrected chi connectivity index (χ3v) is 2.52. The van der Waals surface area contributed by atoms with Gasteiger partial charge in [0.05, 0.1) is 0 Å². The Balaban J connectivity index is 3.86. The quantitative estimate of drug-likeness (QED) is 0.670. The van der Waals surface area contributed by atoms with Gasteiger partial charge in [0.25, 0.3) is 0 Å². The van der Waals surface area contributed by atoms with Gasteiger partial charge in [-0.1, -0.05) is 0 Å². The molecule has 0 saturated heterocycles. The molecule has 1 atom stereocenters. The summed E-state index contributed by atoms with van der Waals surface area (Å²) >= 11 is 0. The Morgan fingerprint density at radius 2 is 1.67 bits per heavy atom. The number of hydrogen-bond donors (Lipinski definition) is 2. The number of aliphatic carboxylic acids is 1. The Morgan fingerprint density at radius 1 is 1.20 bits per heavy atom. The van der Waals surface area contributed by atoms with Gasteiger partial charge in [-0.15, -0.1) is 0 Å². The molecule has 0 spiro atoms. The smallest absolute Gasteiger partial charge is 0.320 e. The van der Waals surface area contributed by atoms with Gasteiger partial charge in [0, 0.05) is 25.2 Å². The number of nitrogens with one attached hydrogen (secondary N) is 1. The highest BCUT2D eigenvalue weighted by Crippen LogP contribution is 2.03. The minimum atomic E-state index is -0.796. The molecule has 0 aromatic carbocycles. The van der Waals surface area contributed by atoms with E-state index in [0.29, 0.717) is 18.6 Å². The minimum Gasteiger partial charge on any atom is -0.480 e. The average Bonchev–Trinajstić information content (AvgIpc) is 2.10. The fourth-order valence-electron chi connectivity index (χ4n) is 1.61. The second-order valence-corrected chi connectivity index (χ2v) is 4.44. The van der Waals surface area contributed by atoms with Crippen LogP contribution in [-0.2, 0) is 4.79 Å². The lowest BCUT2D eigenvalue weighted by Crippen LogP contribution is -2.44. The van der Waals surface area contributed by atoms with E-state index in [2.05, 4.69) is 37.9 Å². The molecule has 0 aromatic heterocycles. The average molecular weight is 216 g/mol. The zero-order chi connectivity index (χ0) is 12.0. The van der Waals surface area contributed by atoms with E-state index in [1.54, 1.807) is 6.92 Å². The fourth-order valence-corrected chi connectivity index (χ4v) is 1.61. The van der Waals surface area contributed by atoms with Crippen molar-refractivity contribution in [1.82, 2.24) is 10.2 Å². The van der Waals surface area contributed by atoms with Crippen molar-refractivity contribution in [2.45, 2.75) is 52.7 Å². The maximum absolute atomic E-state index is 10.6. The lowest BCUT2D eigenvalue weighted by Gasteiger charge is -2.30. The molecular formula is C11H24N2O2. The van der Waals surface area contributed by atoms with Crippen LogP contribution >= 0.6 is 0 Å². The summed E-state index contributed by atoms with van der Waals surface area (Å²) in [5.74, 6) is -0.796. The number of hydrogen-bond acceptors (Lipinski definition) is 3. The third kappa shape index (κ3) is 5.74. The van der Waals surface area contributed by atoms with Crippen molar-refractivity contribution in [3.05, 3.63) is 0 Å². The van der Waals surface area contributed by atoms with Crippen LogP contribution in [0.25, 0.3) is 0 Å². The van der Waals surface area contributed by atoms with Crippen molar-refractivity contribution < 1.29 is 9.90 Å². The van der Waals surface area contributed by atoms with E-state index in [1.807, 2.05) is 0 Å². The molecule has 90 valence electrons.